The molecule has 1 aromatic carbocycles. The van der Waals surface area contributed by atoms with Crippen molar-refractivity contribution >= 4 is 22.8 Å². The first kappa shape index (κ1) is 18.1. The lowest BCUT2D eigenvalue weighted by Crippen LogP contribution is -2.29. The molecule has 0 aliphatic carbocycles. The van der Waals surface area contributed by atoms with E-state index in [4.69, 9.17) is 0 Å². The van der Waals surface area contributed by atoms with Crippen LogP contribution in [0.2, 0.25) is 0 Å². The van der Waals surface area contributed by atoms with Crippen LogP contribution in [-0.4, -0.2) is 32.3 Å². The summed E-state index contributed by atoms with van der Waals surface area (Å²) in [6.07, 6.45) is 0.733. The first-order valence-corrected chi connectivity index (χ1v) is 9.50. The van der Waals surface area contributed by atoms with Crippen molar-refractivity contribution in [2.24, 2.45) is 0 Å². The molecule has 0 saturated heterocycles. The molecule has 0 aliphatic heterocycles. The Morgan fingerprint density at radius 1 is 1.25 bits per heavy atom. The van der Waals surface area contributed by atoms with Crippen LogP contribution in [0.25, 0.3) is 16.8 Å². The van der Waals surface area contributed by atoms with E-state index in [1.807, 2.05) is 17.5 Å². The molecule has 4 aromatic rings. The molecule has 0 atom stereocenters. The topological polar surface area (TPSA) is 92.2 Å². The number of amides is 1. The Balaban J connectivity index is 1.53. The molecule has 0 aliphatic rings. The Morgan fingerprint density at radius 3 is 2.82 bits per heavy atom. The zero-order valence-corrected chi connectivity index (χ0v) is 15.5. The number of nitrogens with one attached hydrogen (secondary N) is 2. The van der Waals surface area contributed by atoms with Gasteiger partial charge in [0.1, 0.15) is 11.3 Å². The van der Waals surface area contributed by atoms with Gasteiger partial charge in [-0.25, -0.2) is 14.0 Å². The van der Waals surface area contributed by atoms with Crippen LogP contribution in [0, 0.1) is 5.82 Å². The molecule has 28 heavy (non-hydrogen) atoms. The highest BCUT2D eigenvalue weighted by Crippen LogP contribution is 2.19. The van der Waals surface area contributed by atoms with E-state index >= 15 is 0 Å². The van der Waals surface area contributed by atoms with Gasteiger partial charge in [0.15, 0.2) is 5.82 Å². The van der Waals surface area contributed by atoms with E-state index in [-0.39, 0.29) is 23.7 Å². The van der Waals surface area contributed by atoms with Gasteiger partial charge in [0.05, 0.1) is 12.1 Å². The summed E-state index contributed by atoms with van der Waals surface area (Å²) in [4.78, 5) is 25.5. The summed E-state index contributed by atoms with van der Waals surface area (Å²) in [6.45, 7) is 0.520. The summed E-state index contributed by atoms with van der Waals surface area (Å²) in [5.41, 5.74) is 1.02. The molecule has 7 nitrogen and oxygen atoms in total. The first-order valence-electron chi connectivity index (χ1n) is 8.62. The van der Waals surface area contributed by atoms with Crippen molar-refractivity contribution in [1.82, 2.24) is 25.1 Å². The number of H-pyrrole nitrogens is 1. The van der Waals surface area contributed by atoms with Crippen molar-refractivity contribution in [1.29, 1.82) is 0 Å². The standard InChI is InChI=1S/C19H16FN5O2S/c20-13-5-3-12(4-6-13)15-10-16-19(27)23-22-17(25(16)24-15)11-18(26)21-8-7-14-2-1-9-28-14/h1-6,9-10H,7-8,11H2,(H,21,26)(H,23,27). The third-order valence-corrected chi connectivity index (χ3v) is 5.14. The molecule has 4 rings (SSSR count). The van der Waals surface area contributed by atoms with Crippen molar-refractivity contribution in [2.75, 3.05) is 6.54 Å². The van der Waals surface area contributed by atoms with E-state index in [2.05, 4.69) is 20.6 Å². The molecule has 1 amide bonds. The third kappa shape index (κ3) is 3.84. The molecule has 0 unspecified atom stereocenters. The van der Waals surface area contributed by atoms with Crippen LogP contribution in [0.4, 0.5) is 4.39 Å². The Bertz CT molecular complexity index is 1170. The van der Waals surface area contributed by atoms with E-state index in [0.717, 1.165) is 6.42 Å². The second kappa shape index (κ2) is 7.73. The Morgan fingerprint density at radius 2 is 2.07 bits per heavy atom. The number of halogens is 1. The van der Waals surface area contributed by atoms with Gasteiger partial charge in [0.25, 0.3) is 5.56 Å². The van der Waals surface area contributed by atoms with Gasteiger partial charge in [-0.05, 0) is 48.2 Å². The summed E-state index contributed by atoms with van der Waals surface area (Å²) in [6, 6.07) is 11.4. The fourth-order valence-electron chi connectivity index (χ4n) is 2.82. The lowest BCUT2D eigenvalue weighted by molar-refractivity contribution is -0.120. The van der Waals surface area contributed by atoms with Gasteiger partial charge in [0.2, 0.25) is 5.91 Å². The second-order valence-corrected chi connectivity index (χ2v) is 7.19. The molecule has 0 bridgehead atoms. The zero-order valence-electron chi connectivity index (χ0n) is 14.7. The predicted molar refractivity (Wildman–Crippen MR) is 104 cm³/mol. The lowest BCUT2D eigenvalue weighted by Gasteiger charge is -2.05. The Kier molecular flexibility index (Phi) is 4.98. The van der Waals surface area contributed by atoms with Crippen LogP contribution in [0.3, 0.4) is 0 Å². The van der Waals surface area contributed by atoms with Gasteiger partial charge in [0, 0.05) is 17.0 Å². The summed E-state index contributed by atoms with van der Waals surface area (Å²) in [5.74, 6) is -0.250. The van der Waals surface area contributed by atoms with Gasteiger partial charge in [-0.3, -0.25) is 9.59 Å². The van der Waals surface area contributed by atoms with Gasteiger partial charge < -0.3 is 5.32 Å². The smallest absolute Gasteiger partial charge is 0.290 e. The zero-order chi connectivity index (χ0) is 19.5. The van der Waals surface area contributed by atoms with E-state index in [1.54, 1.807) is 29.5 Å². The monoisotopic (exact) mass is 397 g/mol. The van der Waals surface area contributed by atoms with Crippen LogP contribution in [0.15, 0.2) is 52.6 Å². The number of rotatable bonds is 6. The molecular weight excluding hydrogens is 381 g/mol. The van der Waals surface area contributed by atoms with Crippen LogP contribution in [-0.2, 0) is 17.6 Å². The molecule has 3 heterocycles. The van der Waals surface area contributed by atoms with Gasteiger partial charge in [-0.15, -0.1) is 11.3 Å². The normalized spacial score (nSPS) is 11.0. The number of thiophene rings is 1. The van der Waals surface area contributed by atoms with Crippen molar-refractivity contribution in [3.8, 4) is 11.3 Å². The number of benzene rings is 1. The van der Waals surface area contributed by atoms with Crippen molar-refractivity contribution < 1.29 is 9.18 Å². The number of fused-ring (bicyclic) bond motifs is 1. The number of aromatic nitrogens is 4. The quantitative estimate of drug-likeness (QED) is 0.522. The Labute approximate surface area is 162 Å². The van der Waals surface area contributed by atoms with Gasteiger partial charge in [-0.1, -0.05) is 6.07 Å². The van der Waals surface area contributed by atoms with Gasteiger partial charge >= 0.3 is 0 Å². The minimum atomic E-state index is -0.414. The number of hydrogen-bond donors (Lipinski definition) is 2. The van der Waals surface area contributed by atoms with Crippen molar-refractivity contribution in [2.45, 2.75) is 12.8 Å². The van der Waals surface area contributed by atoms with Crippen LogP contribution < -0.4 is 10.9 Å². The van der Waals surface area contributed by atoms with Crippen LogP contribution in [0.1, 0.15) is 10.7 Å². The molecule has 0 fully saturated rings. The van der Waals surface area contributed by atoms with Gasteiger partial charge in [-0.2, -0.15) is 10.2 Å². The number of nitrogens with zero attached hydrogens (tertiary/aromatic N) is 3. The largest absolute Gasteiger partial charge is 0.355 e. The van der Waals surface area contributed by atoms with Crippen LogP contribution in [0.5, 0.6) is 0 Å². The molecule has 142 valence electrons. The third-order valence-electron chi connectivity index (χ3n) is 4.21. The average Bonchev–Trinajstić information content (AvgIpc) is 3.35. The fraction of sp³-hybridized carbons (Fsp3) is 0.158. The fourth-order valence-corrected chi connectivity index (χ4v) is 3.53. The van der Waals surface area contributed by atoms with E-state index in [9.17, 15) is 14.0 Å². The maximum absolute atomic E-state index is 13.1. The molecule has 2 N–H and O–H groups in total. The number of aromatic amines is 1. The highest BCUT2D eigenvalue weighted by atomic mass is 32.1. The van der Waals surface area contributed by atoms with Crippen molar-refractivity contribution in [3.05, 3.63) is 74.7 Å². The number of hydrogen-bond acceptors (Lipinski definition) is 5. The first-order chi connectivity index (χ1) is 13.6. The van der Waals surface area contributed by atoms with E-state index in [1.165, 1.54) is 21.5 Å². The SMILES string of the molecule is O=C(Cc1n[nH]c(=O)c2cc(-c3ccc(F)cc3)nn12)NCCc1cccs1. The summed E-state index contributed by atoms with van der Waals surface area (Å²) < 4.78 is 14.5. The number of carbonyl (C=O) groups is 1. The Hall–Kier alpha value is -3.33. The number of carbonyl (C=O) groups excluding carboxylic acids is 1. The van der Waals surface area contributed by atoms with Crippen LogP contribution >= 0.6 is 11.3 Å². The molecule has 0 radical (unpaired) electrons. The average molecular weight is 397 g/mol. The molecular formula is C19H16FN5O2S. The summed E-state index contributed by atoms with van der Waals surface area (Å²) in [7, 11) is 0. The molecule has 3 aromatic heterocycles. The predicted octanol–water partition coefficient (Wildman–Crippen LogP) is 2.19. The van der Waals surface area contributed by atoms with E-state index in [0.29, 0.717) is 23.6 Å². The second-order valence-electron chi connectivity index (χ2n) is 6.16. The molecule has 9 heteroatoms. The summed E-state index contributed by atoms with van der Waals surface area (Å²) >= 11 is 1.64. The lowest BCUT2D eigenvalue weighted by atomic mass is 10.1. The minimum absolute atomic E-state index is 0.0255. The highest BCUT2D eigenvalue weighted by Gasteiger charge is 2.14. The maximum atomic E-state index is 13.1. The molecule has 0 spiro atoms. The minimum Gasteiger partial charge on any atom is -0.355 e. The summed E-state index contributed by atoms with van der Waals surface area (Å²) in [5, 5.41) is 15.6. The van der Waals surface area contributed by atoms with Crippen molar-refractivity contribution in [3.63, 3.8) is 0 Å². The molecule has 0 saturated carbocycles. The highest BCUT2D eigenvalue weighted by molar-refractivity contribution is 7.09. The van der Waals surface area contributed by atoms with E-state index < -0.39 is 5.56 Å². The maximum Gasteiger partial charge on any atom is 0.290 e.